The first-order valence-corrected chi connectivity index (χ1v) is 11.6. The van der Waals surface area contributed by atoms with Crippen LogP contribution in [0.2, 0.25) is 10.0 Å². The molecule has 0 radical (unpaired) electrons. The summed E-state index contributed by atoms with van der Waals surface area (Å²) in [6.07, 6.45) is 1.75. The maximum absolute atomic E-state index is 12.8. The second-order valence-corrected chi connectivity index (χ2v) is 9.14. The van der Waals surface area contributed by atoms with Crippen molar-refractivity contribution in [3.05, 3.63) is 98.4 Å². The number of likely N-dealkylation sites (N-methyl/N-ethyl adjacent to an activating group) is 1. The van der Waals surface area contributed by atoms with E-state index >= 15 is 0 Å². The van der Waals surface area contributed by atoms with Gasteiger partial charge in [0, 0.05) is 28.2 Å². The molecule has 4 rings (SSSR count). The number of benzene rings is 3. The highest BCUT2D eigenvalue weighted by Gasteiger charge is 2.30. The highest BCUT2D eigenvalue weighted by atomic mass is 35.5. The Morgan fingerprint density at radius 2 is 1.91 bits per heavy atom. The smallest absolute Gasteiger partial charge is 0.335 e. The van der Waals surface area contributed by atoms with Crippen molar-refractivity contribution in [2.24, 2.45) is 4.99 Å². The maximum Gasteiger partial charge on any atom is 0.335 e. The minimum atomic E-state index is -1.04. The summed E-state index contributed by atoms with van der Waals surface area (Å²) in [5.41, 5.74) is 2.09. The van der Waals surface area contributed by atoms with Crippen molar-refractivity contribution in [1.29, 1.82) is 0 Å². The van der Waals surface area contributed by atoms with E-state index in [1.165, 1.54) is 28.8 Å². The first-order valence-electron chi connectivity index (χ1n) is 10.1. The van der Waals surface area contributed by atoms with Crippen molar-refractivity contribution in [2.45, 2.75) is 6.61 Å². The van der Waals surface area contributed by atoms with Crippen LogP contribution in [0.3, 0.4) is 0 Å². The predicted molar refractivity (Wildman–Crippen MR) is 136 cm³/mol. The molecule has 9 heteroatoms. The van der Waals surface area contributed by atoms with Gasteiger partial charge in [-0.25, -0.2) is 9.79 Å². The molecule has 1 N–H and O–H groups in total. The van der Waals surface area contributed by atoms with Gasteiger partial charge >= 0.3 is 5.97 Å². The maximum atomic E-state index is 12.8. The molecule has 1 heterocycles. The summed E-state index contributed by atoms with van der Waals surface area (Å²) in [6.45, 7) is 0.240. The number of hydrogen-bond acceptors (Lipinski definition) is 5. The lowest BCUT2D eigenvalue weighted by molar-refractivity contribution is -0.121. The Kier molecular flexibility index (Phi) is 7.26. The number of hydrogen-bond donors (Lipinski definition) is 1. The van der Waals surface area contributed by atoms with Crippen LogP contribution in [0.4, 0.5) is 5.69 Å². The van der Waals surface area contributed by atoms with Crippen molar-refractivity contribution in [3.63, 3.8) is 0 Å². The van der Waals surface area contributed by atoms with E-state index in [1.807, 2.05) is 24.3 Å². The van der Waals surface area contributed by atoms with Crippen LogP contribution in [0.5, 0.6) is 5.75 Å². The molecule has 34 heavy (non-hydrogen) atoms. The molecule has 3 aromatic rings. The quantitative estimate of drug-likeness (QED) is 0.381. The zero-order valence-electron chi connectivity index (χ0n) is 17.9. The fourth-order valence-corrected chi connectivity index (χ4v) is 4.58. The van der Waals surface area contributed by atoms with Crippen molar-refractivity contribution in [3.8, 4) is 5.75 Å². The molecule has 0 saturated carbocycles. The van der Waals surface area contributed by atoms with E-state index in [2.05, 4.69) is 4.99 Å². The van der Waals surface area contributed by atoms with E-state index in [4.69, 9.17) is 27.9 Å². The largest absolute Gasteiger partial charge is 0.488 e. The number of nitrogens with zero attached hydrogens (tertiary/aromatic N) is 2. The topological polar surface area (TPSA) is 79.2 Å². The third-order valence-corrected chi connectivity index (χ3v) is 6.57. The highest BCUT2D eigenvalue weighted by molar-refractivity contribution is 8.18. The number of amides is 1. The molecule has 6 nitrogen and oxygen atoms in total. The van der Waals surface area contributed by atoms with E-state index in [9.17, 15) is 14.7 Å². The van der Waals surface area contributed by atoms with Gasteiger partial charge in [-0.05, 0) is 54.2 Å². The lowest BCUT2D eigenvalue weighted by Crippen LogP contribution is -2.23. The van der Waals surface area contributed by atoms with Gasteiger partial charge in [0.2, 0.25) is 0 Å². The highest BCUT2D eigenvalue weighted by Crippen LogP contribution is 2.35. The Balaban J connectivity index is 1.57. The molecule has 3 aromatic carbocycles. The molecule has 0 aliphatic carbocycles. The van der Waals surface area contributed by atoms with Crippen molar-refractivity contribution < 1.29 is 19.4 Å². The molecule has 172 valence electrons. The fourth-order valence-electron chi connectivity index (χ4n) is 3.14. The normalized spacial score (nSPS) is 15.9. The van der Waals surface area contributed by atoms with Crippen LogP contribution in [0.15, 0.2) is 76.6 Å². The number of para-hydroxylation sites is 1. The molecule has 0 bridgehead atoms. The van der Waals surface area contributed by atoms with Gasteiger partial charge in [-0.15, -0.1) is 0 Å². The molecule has 1 saturated heterocycles. The number of aliphatic imine (C=N–C) groups is 1. The molecular weight excluding hydrogens is 495 g/mol. The summed E-state index contributed by atoms with van der Waals surface area (Å²) < 4.78 is 5.98. The Morgan fingerprint density at radius 1 is 1.12 bits per heavy atom. The lowest BCUT2D eigenvalue weighted by atomic mass is 10.1. The Bertz CT molecular complexity index is 1340. The zero-order chi connectivity index (χ0) is 24.2. The Labute approximate surface area is 210 Å². The number of amidine groups is 1. The molecule has 1 aliphatic heterocycles. The first kappa shape index (κ1) is 23.9. The number of carbonyl (C=O) groups is 2. The van der Waals surface area contributed by atoms with Gasteiger partial charge in [-0.1, -0.05) is 53.5 Å². The Morgan fingerprint density at radius 3 is 2.68 bits per heavy atom. The molecule has 0 spiro atoms. The van der Waals surface area contributed by atoms with E-state index in [0.29, 0.717) is 31.6 Å². The summed E-state index contributed by atoms with van der Waals surface area (Å²) in [5.74, 6) is -0.659. The van der Waals surface area contributed by atoms with E-state index < -0.39 is 5.97 Å². The fraction of sp³-hybridized carbons (Fsp3) is 0.0800. The van der Waals surface area contributed by atoms with E-state index in [0.717, 1.165) is 11.1 Å². The molecule has 0 atom stereocenters. The number of ether oxygens (including phenoxy) is 1. The molecule has 0 unspecified atom stereocenters. The second kappa shape index (κ2) is 10.3. The number of thioether (sulfide) groups is 1. The molecule has 0 aromatic heterocycles. The average Bonchev–Trinajstić information content (AvgIpc) is 3.07. The Hall–Kier alpha value is -3.26. The number of rotatable bonds is 6. The van der Waals surface area contributed by atoms with Gasteiger partial charge in [0.15, 0.2) is 5.17 Å². The summed E-state index contributed by atoms with van der Waals surface area (Å²) in [6, 6.07) is 18.8. The van der Waals surface area contributed by atoms with Gasteiger partial charge in [0.05, 0.1) is 16.2 Å². The van der Waals surface area contributed by atoms with Crippen LogP contribution < -0.4 is 4.74 Å². The van der Waals surface area contributed by atoms with Gasteiger partial charge in [0.1, 0.15) is 12.4 Å². The lowest BCUT2D eigenvalue weighted by Gasteiger charge is -2.11. The van der Waals surface area contributed by atoms with Crippen molar-refractivity contribution in [2.75, 3.05) is 7.05 Å². The SMILES string of the molecule is CN1C(=O)/C(=C\c2ccccc2OCc2ccc(Cl)cc2Cl)SC1=Nc1cccc(C(=O)O)c1. The van der Waals surface area contributed by atoms with Crippen LogP contribution in [-0.2, 0) is 11.4 Å². The van der Waals surface area contributed by atoms with Crippen molar-refractivity contribution >= 4 is 63.8 Å². The van der Waals surface area contributed by atoms with Gasteiger partial charge in [-0.3, -0.25) is 9.69 Å². The van der Waals surface area contributed by atoms with Crippen LogP contribution in [0, 0.1) is 0 Å². The molecule has 1 aliphatic rings. The van der Waals surface area contributed by atoms with Gasteiger partial charge in [-0.2, -0.15) is 0 Å². The predicted octanol–water partition coefficient (Wildman–Crippen LogP) is 6.50. The van der Waals surface area contributed by atoms with Gasteiger partial charge in [0.25, 0.3) is 5.91 Å². The minimum Gasteiger partial charge on any atom is -0.488 e. The number of carboxylic acid groups (broad SMARTS) is 1. The summed E-state index contributed by atoms with van der Waals surface area (Å²) in [7, 11) is 1.63. The number of halogens is 2. The number of aromatic carboxylic acids is 1. The van der Waals surface area contributed by atoms with Crippen LogP contribution in [0.25, 0.3) is 6.08 Å². The zero-order valence-corrected chi connectivity index (χ0v) is 20.2. The number of carbonyl (C=O) groups excluding carboxylic acids is 1. The summed E-state index contributed by atoms with van der Waals surface area (Å²) >= 11 is 13.4. The third-order valence-electron chi connectivity index (χ3n) is 4.93. The monoisotopic (exact) mass is 512 g/mol. The first-order chi connectivity index (χ1) is 16.3. The van der Waals surface area contributed by atoms with Crippen molar-refractivity contribution in [1.82, 2.24) is 4.90 Å². The molecule has 1 amide bonds. The summed E-state index contributed by atoms with van der Waals surface area (Å²) in [4.78, 5) is 30.4. The third kappa shape index (κ3) is 5.44. The molecule has 1 fully saturated rings. The van der Waals surface area contributed by atoms with Crippen LogP contribution >= 0.6 is 35.0 Å². The number of carboxylic acids is 1. The average molecular weight is 513 g/mol. The van der Waals surface area contributed by atoms with Crippen LogP contribution in [0.1, 0.15) is 21.5 Å². The minimum absolute atomic E-state index is 0.126. The standard InChI is InChI=1S/C25H18Cl2N2O4S/c1-29-23(30)22(34-25(29)28-19-7-4-6-16(11-19)24(31)32)12-15-5-2-3-8-21(15)33-14-17-9-10-18(26)13-20(17)27/h2-13H,14H2,1H3,(H,31,32)/b22-12+,28-25?. The molecular formula is C25H18Cl2N2O4S. The summed E-state index contributed by atoms with van der Waals surface area (Å²) in [5, 5.41) is 10.7. The second-order valence-electron chi connectivity index (χ2n) is 7.29. The van der Waals surface area contributed by atoms with Crippen LogP contribution in [-0.4, -0.2) is 34.1 Å². The van der Waals surface area contributed by atoms with E-state index in [1.54, 1.807) is 43.5 Å². The van der Waals surface area contributed by atoms with E-state index in [-0.39, 0.29) is 18.1 Å². The van der Waals surface area contributed by atoms with Gasteiger partial charge < -0.3 is 9.84 Å².